The minimum Gasteiger partial charge on any atom is -0.469 e. The molecule has 1 aromatic heterocycles. The van der Waals surface area contributed by atoms with Crippen molar-refractivity contribution in [3.8, 4) is 0 Å². The average Bonchev–Trinajstić information content (AvgIpc) is 2.82. The van der Waals surface area contributed by atoms with Gasteiger partial charge in [-0.15, -0.1) is 0 Å². The summed E-state index contributed by atoms with van der Waals surface area (Å²) in [6.07, 6.45) is 11.4. The number of hydrogen-bond donors (Lipinski definition) is 1. The molecule has 1 heterocycles. The number of rotatable bonds is 6. The van der Waals surface area contributed by atoms with Gasteiger partial charge in [-0.05, 0) is 38.3 Å². The monoisotopic (exact) mass is 249 g/mol. The van der Waals surface area contributed by atoms with Gasteiger partial charge in [0.2, 0.25) is 0 Å². The van der Waals surface area contributed by atoms with Gasteiger partial charge < -0.3 is 9.73 Å². The highest BCUT2D eigenvalue weighted by Gasteiger charge is 2.21. The zero-order valence-electron chi connectivity index (χ0n) is 11.9. The fraction of sp³-hybridized carbons (Fsp3) is 0.750. The lowest BCUT2D eigenvalue weighted by molar-refractivity contribution is 0.298. The van der Waals surface area contributed by atoms with E-state index >= 15 is 0 Å². The lowest BCUT2D eigenvalue weighted by atomic mass is 9.83. The Hall–Kier alpha value is -0.760. The van der Waals surface area contributed by atoms with Gasteiger partial charge in [0, 0.05) is 11.6 Å². The first-order chi connectivity index (χ1) is 8.81. The van der Waals surface area contributed by atoms with Crippen LogP contribution in [-0.4, -0.2) is 6.54 Å². The van der Waals surface area contributed by atoms with Gasteiger partial charge >= 0.3 is 0 Å². The summed E-state index contributed by atoms with van der Waals surface area (Å²) in [5.74, 6) is 1.99. The van der Waals surface area contributed by atoms with Crippen LogP contribution in [0.25, 0.3) is 0 Å². The van der Waals surface area contributed by atoms with Crippen LogP contribution >= 0.6 is 0 Å². The van der Waals surface area contributed by atoms with Crippen LogP contribution in [0.1, 0.15) is 69.2 Å². The molecule has 0 aliphatic heterocycles. The molecule has 102 valence electrons. The molecule has 18 heavy (non-hydrogen) atoms. The summed E-state index contributed by atoms with van der Waals surface area (Å²) in [4.78, 5) is 0. The fourth-order valence-electron chi connectivity index (χ4n) is 3.15. The van der Waals surface area contributed by atoms with Gasteiger partial charge in [0.05, 0.1) is 6.26 Å². The number of nitrogens with one attached hydrogen (secondary N) is 1. The van der Waals surface area contributed by atoms with E-state index in [1.54, 1.807) is 0 Å². The Balaban J connectivity index is 1.98. The van der Waals surface area contributed by atoms with Crippen LogP contribution in [0.5, 0.6) is 0 Å². The molecule has 1 unspecified atom stereocenters. The van der Waals surface area contributed by atoms with Crippen molar-refractivity contribution in [3.05, 3.63) is 23.7 Å². The molecule has 1 fully saturated rings. The summed E-state index contributed by atoms with van der Waals surface area (Å²) < 4.78 is 5.47. The second kappa shape index (κ2) is 6.98. The number of aryl methyl sites for hydroxylation is 1. The van der Waals surface area contributed by atoms with Gasteiger partial charge in [-0.3, -0.25) is 0 Å². The molecule has 0 bridgehead atoms. The molecular weight excluding hydrogens is 222 g/mol. The van der Waals surface area contributed by atoms with E-state index in [0.717, 1.165) is 18.2 Å². The normalized spacial score (nSPS) is 19.0. The van der Waals surface area contributed by atoms with E-state index < -0.39 is 0 Å². The van der Waals surface area contributed by atoms with E-state index in [0.29, 0.717) is 6.04 Å². The first kappa shape index (κ1) is 13.7. The lowest BCUT2D eigenvalue weighted by Gasteiger charge is -2.27. The van der Waals surface area contributed by atoms with Crippen LogP contribution in [0.2, 0.25) is 0 Å². The van der Waals surface area contributed by atoms with Crippen molar-refractivity contribution in [2.75, 3.05) is 6.54 Å². The maximum Gasteiger partial charge on any atom is 0.105 e. The average molecular weight is 249 g/mol. The molecule has 2 heteroatoms. The fourth-order valence-corrected chi connectivity index (χ4v) is 3.15. The predicted octanol–water partition coefficient (Wildman–Crippen LogP) is 4.60. The molecule has 1 aromatic rings. The van der Waals surface area contributed by atoms with E-state index in [1.807, 2.05) is 6.26 Å². The van der Waals surface area contributed by atoms with E-state index in [9.17, 15) is 0 Å². The molecule has 1 aliphatic carbocycles. The van der Waals surface area contributed by atoms with Crippen LogP contribution in [0.3, 0.4) is 0 Å². The van der Waals surface area contributed by atoms with Crippen molar-refractivity contribution in [2.24, 2.45) is 5.92 Å². The van der Waals surface area contributed by atoms with E-state index in [4.69, 9.17) is 4.42 Å². The van der Waals surface area contributed by atoms with Crippen LogP contribution in [0, 0.1) is 12.8 Å². The molecule has 1 atom stereocenters. The summed E-state index contributed by atoms with van der Waals surface area (Å²) >= 11 is 0. The van der Waals surface area contributed by atoms with E-state index in [1.165, 1.54) is 50.5 Å². The Kier molecular flexibility index (Phi) is 5.30. The van der Waals surface area contributed by atoms with Crippen LogP contribution in [0.4, 0.5) is 0 Å². The highest BCUT2D eigenvalue weighted by molar-refractivity contribution is 5.20. The molecule has 0 radical (unpaired) electrons. The summed E-state index contributed by atoms with van der Waals surface area (Å²) in [7, 11) is 0. The van der Waals surface area contributed by atoms with Crippen molar-refractivity contribution < 1.29 is 4.42 Å². The summed E-state index contributed by atoms with van der Waals surface area (Å²) in [5, 5.41) is 3.70. The van der Waals surface area contributed by atoms with E-state index in [-0.39, 0.29) is 0 Å². The molecule has 0 amide bonds. The van der Waals surface area contributed by atoms with Crippen LogP contribution in [-0.2, 0) is 0 Å². The van der Waals surface area contributed by atoms with Crippen molar-refractivity contribution in [2.45, 2.75) is 64.8 Å². The molecule has 0 aromatic carbocycles. The molecule has 2 rings (SSSR count). The second-order valence-corrected chi connectivity index (χ2v) is 5.68. The Morgan fingerprint density at radius 1 is 1.33 bits per heavy atom. The van der Waals surface area contributed by atoms with Gasteiger partial charge in [0.1, 0.15) is 5.76 Å². The zero-order chi connectivity index (χ0) is 12.8. The van der Waals surface area contributed by atoms with Crippen LogP contribution < -0.4 is 5.32 Å². The first-order valence-corrected chi connectivity index (χ1v) is 7.58. The second-order valence-electron chi connectivity index (χ2n) is 5.68. The summed E-state index contributed by atoms with van der Waals surface area (Å²) in [6, 6.07) is 2.64. The minimum absolute atomic E-state index is 0.492. The van der Waals surface area contributed by atoms with Crippen molar-refractivity contribution in [1.29, 1.82) is 0 Å². The molecule has 1 saturated carbocycles. The highest BCUT2D eigenvalue weighted by Crippen LogP contribution is 2.33. The standard InChI is InChI=1S/C16H27NO/c1-3-10-17-16(15-9-11-18-13(15)2)12-14-7-5-4-6-8-14/h9,11,14,16-17H,3-8,10,12H2,1-2H3. The zero-order valence-corrected chi connectivity index (χ0v) is 11.9. The third-order valence-electron chi connectivity index (χ3n) is 4.21. The van der Waals surface area contributed by atoms with Gasteiger partial charge in [0.25, 0.3) is 0 Å². The molecule has 1 N–H and O–H groups in total. The first-order valence-electron chi connectivity index (χ1n) is 7.58. The summed E-state index contributed by atoms with van der Waals surface area (Å²) in [6.45, 7) is 5.41. The number of furan rings is 1. The number of hydrogen-bond acceptors (Lipinski definition) is 2. The Morgan fingerprint density at radius 2 is 2.11 bits per heavy atom. The Morgan fingerprint density at radius 3 is 2.72 bits per heavy atom. The topological polar surface area (TPSA) is 25.2 Å². The van der Waals surface area contributed by atoms with Crippen molar-refractivity contribution >= 4 is 0 Å². The smallest absolute Gasteiger partial charge is 0.105 e. The van der Waals surface area contributed by atoms with Crippen molar-refractivity contribution in [3.63, 3.8) is 0 Å². The summed E-state index contributed by atoms with van der Waals surface area (Å²) in [5.41, 5.74) is 1.37. The Bertz CT molecular complexity index is 339. The SMILES string of the molecule is CCCNC(CC1CCCCC1)c1ccoc1C. The maximum absolute atomic E-state index is 5.47. The third-order valence-corrected chi connectivity index (χ3v) is 4.21. The predicted molar refractivity (Wildman–Crippen MR) is 75.7 cm³/mol. The third kappa shape index (κ3) is 3.61. The van der Waals surface area contributed by atoms with Gasteiger partial charge in [-0.1, -0.05) is 39.0 Å². The largest absolute Gasteiger partial charge is 0.469 e. The highest BCUT2D eigenvalue weighted by atomic mass is 16.3. The quantitative estimate of drug-likeness (QED) is 0.797. The molecule has 2 nitrogen and oxygen atoms in total. The van der Waals surface area contributed by atoms with Gasteiger partial charge in [-0.2, -0.15) is 0 Å². The molecule has 1 aliphatic rings. The van der Waals surface area contributed by atoms with Crippen molar-refractivity contribution in [1.82, 2.24) is 5.32 Å². The maximum atomic E-state index is 5.47. The Labute approximate surface area is 111 Å². The lowest BCUT2D eigenvalue weighted by Crippen LogP contribution is -2.25. The van der Waals surface area contributed by atoms with Crippen LogP contribution in [0.15, 0.2) is 16.7 Å². The minimum atomic E-state index is 0.492. The van der Waals surface area contributed by atoms with E-state index in [2.05, 4.69) is 25.2 Å². The molecular formula is C16H27NO. The molecule has 0 spiro atoms. The molecule has 0 saturated heterocycles. The van der Waals surface area contributed by atoms with Gasteiger partial charge in [-0.25, -0.2) is 0 Å². The van der Waals surface area contributed by atoms with Gasteiger partial charge in [0.15, 0.2) is 0 Å².